The third-order valence-corrected chi connectivity index (χ3v) is 3.84. The summed E-state index contributed by atoms with van der Waals surface area (Å²) >= 11 is 0. The smallest absolute Gasteiger partial charge is 0.0558 e. The molecule has 0 spiro atoms. The molecule has 0 bridgehead atoms. The number of nitrogens with zero attached hydrogens (tertiary/aromatic N) is 1. The molecular formula is C14H23NO2S. The monoisotopic (exact) mass is 269 g/mol. The molecule has 0 heterocycles. The summed E-state index contributed by atoms with van der Waals surface area (Å²) in [7, 11) is -0.912. The van der Waals surface area contributed by atoms with Gasteiger partial charge in [0.25, 0.3) is 0 Å². The molecule has 3 nitrogen and oxygen atoms in total. The van der Waals surface area contributed by atoms with Gasteiger partial charge in [-0.05, 0) is 30.7 Å². The molecule has 1 rings (SSSR count). The number of aliphatic hydroxyl groups excluding tert-OH is 1. The topological polar surface area (TPSA) is 40.5 Å². The van der Waals surface area contributed by atoms with E-state index in [-0.39, 0.29) is 6.61 Å². The summed E-state index contributed by atoms with van der Waals surface area (Å²) < 4.78 is 11.3. The molecule has 0 aliphatic rings. The number of hydrogen-bond acceptors (Lipinski definition) is 3. The highest BCUT2D eigenvalue weighted by molar-refractivity contribution is 7.84. The van der Waals surface area contributed by atoms with Crippen LogP contribution in [0, 0.1) is 0 Å². The number of benzene rings is 1. The molecule has 4 heteroatoms. The highest BCUT2D eigenvalue weighted by Crippen LogP contribution is 2.10. The molecule has 0 aromatic heterocycles. The molecule has 0 saturated carbocycles. The van der Waals surface area contributed by atoms with E-state index in [1.54, 1.807) is 6.26 Å². The summed E-state index contributed by atoms with van der Waals surface area (Å²) in [5, 5.41) is 9.05. The van der Waals surface area contributed by atoms with Gasteiger partial charge in [-0.1, -0.05) is 25.5 Å². The van der Waals surface area contributed by atoms with Crippen LogP contribution in [0.2, 0.25) is 0 Å². The van der Waals surface area contributed by atoms with Crippen molar-refractivity contribution in [3.05, 3.63) is 29.8 Å². The van der Waals surface area contributed by atoms with E-state index in [9.17, 15) is 4.21 Å². The van der Waals surface area contributed by atoms with Crippen LogP contribution in [0.1, 0.15) is 25.3 Å². The summed E-state index contributed by atoms with van der Waals surface area (Å²) in [6, 6.07) is 7.88. The quantitative estimate of drug-likeness (QED) is 0.785. The van der Waals surface area contributed by atoms with Gasteiger partial charge in [-0.3, -0.25) is 9.11 Å². The van der Waals surface area contributed by atoms with Gasteiger partial charge in [0.2, 0.25) is 0 Å². The molecule has 0 saturated heterocycles. The molecule has 1 aromatic carbocycles. The normalized spacial score (nSPS) is 12.9. The summed E-state index contributed by atoms with van der Waals surface area (Å²) in [6.45, 7) is 4.93. The van der Waals surface area contributed by atoms with Gasteiger partial charge in [0.05, 0.1) is 6.61 Å². The minimum Gasteiger partial charge on any atom is -0.395 e. The molecule has 1 aromatic rings. The zero-order valence-corrected chi connectivity index (χ0v) is 12.1. The van der Waals surface area contributed by atoms with Gasteiger partial charge in [0, 0.05) is 35.0 Å². The van der Waals surface area contributed by atoms with Crippen LogP contribution in [-0.2, 0) is 17.3 Å². The van der Waals surface area contributed by atoms with Gasteiger partial charge in [0.15, 0.2) is 0 Å². The fraction of sp³-hybridized carbons (Fsp3) is 0.571. The number of aliphatic hydroxyl groups is 1. The first-order chi connectivity index (χ1) is 8.67. The highest BCUT2D eigenvalue weighted by atomic mass is 32.2. The van der Waals surface area contributed by atoms with E-state index in [0.29, 0.717) is 6.54 Å². The minimum absolute atomic E-state index is 0.195. The Morgan fingerprint density at radius 3 is 2.39 bits per heavy atom. The van der Waals surface area contributed by atoms with Crippen LogP contribution in [0.25, 0.3) is 0 Å². The molecule has 1 atom stereocenters. The highest BCUT2D eigenvalue weighted by Gasteiger charge is 2.05. The maximum atomic E-state index is 11.3. The van der Waals surface area contributed by atoms with Gasteiger partial charge in [0.1, 0.15) is 0 Å². The van der Waals surface area contributed by atoms with Gasteiger partial charge >= 0.3 is 0 Å². The Kier molecular flexibility index (Phi) is 7.16. The van der Waals surface area contributed by atoms with Crippen molar-refractivity contribution in [3.8, 4) is 0 Å². The molecule has 0 fully saturated rings. The fourth-order valence-corrected chi connectivity index (χ4v) is 2.36. The van der Waals surface area contributed by atoms with E-state index in [1.807, 2.05) is 24.3 Å². The predicted molar refractivity (Wildman–Crippen MR) is 76.0 cm³/mol. The lowest BCUT2D eigenvalue weighted by Gasteiger charge is -2.21. The van der Waals surface area contributed by atoms with Crippen molar-refractivity contribution >= 4 is 10.8 Å². The summed E-state index contributed by atoms with van der Waals surface area (Å²) in [5.74, 6) is 0. The summed E-state index contributed by atoms with van der Waals surface area (Å²) in [5.41, 5.74) is 1.20. The van der Waals surface area contributed by atoms with Crippen molar-refractivity contribution in [2.45, 2.75) is 31.2 Å². The second-order valence-electron chi connectivity index (χ2n) is 4.45. The van der Waals surface area contributed by atoms with Crippen molar-refractivity contribution in [2.75, 3.05) is 26.0 Å². The standard InChI is InChI=1S/C14H23NO2S/c1-3-4-9-15(10-11-16)12-13-5-7-14(8-6-13)18(2)17/h5-8,16H,3-4,9-12H2,1-2H3. The van der Waals surface area contributed by atoms with Crippen molar-refractivity contribution in [2.24, 2.45) is 0 Å². The molecule has 1 unspecified atom stereocenters. The molecule has 102 valence electrons. The largest absolute Gasteiger partial charge is 0.395 e. The van der Waals surface area contributed by atoms with Crippen LogP contribution in [0.15, 0.2) is 29.2 Å². The van der Waals surface area contributed by atoms with Gasteiger partial charge in [-0.15, -0.1) is 0 Å². The third-order valence-electron chi connectivity index (χ3n) is 2.91. The van der Waals surface area contributed by atoms with Crippen LogP contribution in [-0.4, -0.2) is 40.2 Å². The molecule has 0 aliphatic heterocycles. The number of rotatable bonds is 8. The first-order valence-electron chi connectivity index (χ1n) is 6.43. The third kappa shape index (κ3) is 5.29. The number of unbranched alkanes of at least 4 members (excludes halogenated alkanes) is 1. The lowest BCUT2D eigenvalue weighted by atomic mass is 10.2. The summed E-state index contributed by atoms with van der Waals surface area (Å²) in [4.78, 5) is 3.11. The Balaban J connectivity index is 2.59. The Morgan fingerprint density at radius 2 is 1.89 bits per heavy atom. The predicted octanol–water partition coefficient (Wildman–Crippen LogP) is 2.02. The lowest BCUT2D eigenvalue weighted by Crippen LogP contribution is -2.27. The molecular weight excluding hydrogens is 246 g/mol. The maximum Gasteiger partial charge on any atom is 0.0558 e. The Morgan fingerprint density at radius 1 is 1.22 bits per heavy atom. The SMILES string of the molecule is CCCCN(CCO)Cc1ccc(S(C)=O)cc1. The fourth-order valence-electron chi connectivity index (χ4n) is 1.84. The van der Waals surface area contributed by atoms with E-state index in [0.717, 1.165) is 30.8 Å². The van der Waals surface area contributed by atoms with E-state index in [2.05, 4.69) is 11.8 Å². The maximum absolute atomic E-state index is 11.3. The Hall–Kier alpha value is -0.710. The van der Waals surface area contributed by atoms with Crippen LogP contribution in [0.4, 0.5) is 0 Å². The molecule has 1 N–H and O–H groups in total. The molecule has 18 heavy (non-hydrogen) atoms. The van der Waals surface area contributed by atoms with Crippen molar-refractivity contribution in [3.63, 3.8) is 0 Å². The van der Waals surface area contributed by atoms with Gasteiger partial charge in [-0.25, -0.2) is 0 Å². The molecule has 0 radical (unpaired) electrons. The van der Waals surface area contributed by atoms with Gasteiger partial charge in [-0.2, -0.15) is 0 Å². The van der Waals surface area contributed by atoms with E-state index in [1.165, 1.54) is 5.56 Å². The molecule has 0 aliphatic carbocycles. The van der Waals surface area contributed by atoms with E-state index in [4.69, 9.17) is 5.11 Å². The van der Waals surface area contributed by atoms with Crippen LogP contribution in [0.3, 0.4) is 0 Å². The second-order valence-corrected chi connectivity index (χ2v) is 5.83. The van der Waals surface area contributed by atoms with Crippen molar-refractivity contribution < 1.29 is 9.32 Å². The van der Waals surface area contributed by atoms with Gasteiger partial charge < -0.3 is 5.11 Å². The first kappa shape index (κ1) is 15.3. The zero-order valence-electron chi connectivity index (χ0n) is 11.3. The number of hydrogen-bond donors (Lipinski definition) is 1. The average molecular weight is 269 g/mol. The zero-order chi connectivity index (χ0) is 13.4. The van der Waals surface area contributed by atoms with Crippen LogP contribution >= 0.6 is 0 Å². The first-order valence-corrected chi connectivity index (χ1v) is 7.98. The van der Waals surface area contributed by atoms with Crippen LogP contribution < -0.4 is 0 Å². The van der Waals surface area contributed by atoms with Crippen LogP contribution in [0.5, 0.6) is 0 Å². The Labute approximate surface area is 112 Å². The van der Waals surface area contributed by atoms with E-state index >= 15 is 0 Å². The Bertz CT molecular complexity index is 365. The minimum atomic E-state index is -0.912. The van der Waals surface area contributed by atoms with Crippen molar-refractivity contribution in [1.29, 1.82) is 0 Å². The second kappa shape index (κ2) is 8.40. The molecule has 0 amide bonds. The summed E-state index contributed by atoms with van der Waals surface area (Å²) in [6.07, 6.45) is 4.00. The van der Waals surface area contributed by atoms with Crippen molar-refractivity contribution in [1.82, 2.24) is 4.90 Å². The average Bonchev–Trinajstić information content (AvgIpc) is 2.37. The van der Waals surface area contributed by atoms with E-state index < -0.39 is 10.8 Å². The lowest BCUT2D eigenvalue weighted by molar-refractivity contribution is 0.188.